The molecule has 0 spiro atoms. The topological polar surface area (TPSA) is 190 Å². The molecule has 0 aliphatic rings. The van der Waals surface area contributed by atoms with Gasteiger partial charge < -0.3 is 16.4 Å². The van der Waals surface area contributed by atoms with Gasteiger partial charge in [-0.1, -0.05) is 0 Å². The van der Waals surface area contributed by atoms with E-state index < -0.39 is 15.5 Å². The molecule has 0 aliphatic carbocycles. The Labute approximate surface area is 121 Å². The van der Waals surface area contributed by atoms with Crippen LogP contribution in [0.25, 0.3) is 0 Å². The Kier molecular flexibility index (Phi) is 32.9. The molecule has 0 fully saturated rings. The third-order valence-corrected chi connectivity index (χ3v) is 2.51. The summed E-state index contributed by atoms with van der Waals surface area (Å²) in [6, 6.07) is 0. The predicted octanol–water partition coefficient (Wildman–Crippen LogP) is -5.41. The monoisotopic (exact) mass is 303 g/mol. The second kappa shape index (κ2) is 14.7. The summed E-state index contributed by atoms with van der Waals surface area (Å²) >= 11 is -3.58. The van der Waals surface area contributed by atoms with Crippen LogP contribution in [0.4, 0.5) is 0 Å². The van der Waals surface area contributed by atoms with Crippen LogP contribution in [0.2, 0.25) is 0 Å². The van der Waals surface area contributed by atoms with Crippen molar-refractivity contribution >= 4 is 0 Å². The largest absolute Gasteiger partial charge is 1.00 e. The molecule has 0 saturated heterocycles. The first-order valence-corrected chi connectivity index (χ1v) is 4.64. The van der Waals surface area contributed by atoms with Crippen LogP contribution < -0.4 is 51.4 Å². The Morgan fingerprint density at radius 2 is 0.769 bits per heavy atom. The molecule has 0 saturated carbocycles. The molecule has 13 heavy (non-hydrogen) atoms. The van der Waals surface area contributed by atoms with Gasteiger partial charge in [0.15, 0.2) is 0 Å². The number of rotatable bonds is 0. The fraction of sp³-hybridized carbons (Fsp3) is 0. The molecule has 7 nitrogen and oxygen atoms in total. The maximum absolute atomic E-state index is 8.13. The normalized spacial score (nSPS) is 6.46. The van der Waals surface area contributed by atoms with Crippen molar-refractivity contribution in [1.29, 1.82) is 21.0 Å². The molecule has 0 heterocycles. The minimum Gasteiger partial charge on any atom is -0.412 e. The van der Waals surface area contributed by atoms with E-state index in [0.717, 1.165) is 0 Å². The van der Waals surface area contributed by atoms with Gasteiger partial charge >= 0.3 is 106 Å². The molecule has 0 unspecified atom stereocenters. The van der Waals surface area contributed by atoms with E-state index in [2.05, 4.69) is 0 Å². The van der Waals surface area contributed by atoms with Crippen LogP contribution in [0.1, 0.15) is 0 Å². The molecule has 0 aliphatic heterocycles. The van der Waals surface area contributed by atoms with Crippen molar-refractivity contribution < 1.29 is 83.4 Å². The number of nitrogens with zero attached hydrogens (tertiary/aromatic N) is 4. The smallest absolute Gasteiger partial charge is 0.412 e. The van der Waals surface area contributed by atoms with Crippen molar-refractivity contribution in [2.24, 2.45) is 0 Å². The molecular formula is C4H6KN4O3Pd. The first-order valence-electron chi connectivity index (χ1n) is 1.53. The van der Waals surface area contributed by atoms with Gasteiger partial charge in [0.05, 0.1) is 0 Å². The molecule has 71 valence electrons. The maximum Gasteiger partial charge on any atom is 1.00 e. The maximum atomic E-state index is 8.13. The average Bonchev–Trinajstić information content (AvgIpc) is 1.95. The van der Waals surface area contributed by atoms with Gasteiger partial charge in [0.2, 0.25) is 0 Å². The van der Waals surface area contributed by atoms with Crippen LogP contribution in [0.5, 0.6) is 0 Å². The number of hydrogen-bond acceptors (Lipinski definition) is 4. The summed E-state index contributed by atoms with van der Waals surface area (Å²) < 4.78 is 5.72. The SMILES string of the molecule is N#[C][Pd-]([C]#N)([C]#N)[C]#N.O.O.O.[K+]. The van der Waals surface area contributed by atoms with Crippen LogP contribution in [0, 0.1) is 39.2 Å². The van der Waals surface area contributed by atoms with Crippen LogP contribution in [0.3, 0.4) is 0 Å². The zero-order chi connectivity index (χ0) is 7.33. The summed E-state index contributed by atoms with van der Waals surface area (Å²) in [6.45, 7) is 0. The van der Waals surface area contributed by atoms with Gasteiger partial charge in [0.1, 0.15) is 0 Å². The molecule has 0 aromatic carbocycles. The van der Waals surface area contributed by atoms with E-state index in [0.29, 0.717) is 0 Å². The summed E-state index contributed by atoms with van der Waals surface area (Å²) in [4.78, 5) is 0. The Bertz CT molecular complexity index is 220. The number of hydrogen-bond donors (Lipinski definition) is 0. The zero-order valence-electron chi connectivity index (χ0n) is 6.61. The van der Waals surface area contributed by atoms with E-state index in [4.69, 9.17) is 21.0 Å². The minimum absolute atomic E-state index is 0. The van der Waals surface area contributed by atoms with Crippen molar-refractivity contribution in [3.63, 3.8) is 0 Å². The summed E-state index contributed by atoms with van der Waals surface area (Å²) in [5.74, 6) is 0. The molecular weight excluding hydrogens is 298 g/mol. The molecule has 0 bridgehead atoms. The molecule has 9 heteroatoms. The number of nitriles is 4. The summed E-state index contributed by atoms with van der Waals surface area (Å²) in [6.07, 6.45) is 0. The molecule has 0 amide bonds. The summed E-state index contributed by atoms with van der Waals surface area (Å²) in [5, 5.41) is 32.5. The van der Waals surface area contributed by atoms with Gasteiger partial charge in [-0.15, -0.1) is 0 Å². The Morgan fingerprint density at radius 3 is 0.769 bits per heavy atom. The molecule has 0 aromatic rings. The van der Waals surface area contributed by atoms with E-state index >= 15 is 0 Å². The molecule has 6 N–H and O–H groups in total. The van der Waals surface area contributed by atoms with Gasteiger partial charge in [0, 0.05) is 0 Å². The van der Waals surface area contributed by atoms with Crippen LogP contribution >= 0.6 is 0 Å². The average molecular weight is 304 g/mol. The van der Waals surface area contributed by atoms with Gasteiger partial charge in [0.25, 0.3) is 0 Å². The van der Waals surface area contributed by atoms with Gasteiger partial charge in [-0.3, -0.25) is 0 Å². The molecule has 0 atom stereocenters. The van der Waals surface area contributed by atoms with E-state index in [9.17, 15) is 0 Å². The van der Waals surface area contributed by atoms with Crippen LogP contribution in [0.15, 0.2) is 0 Å². The van der Waals surface area contributed by atoms with Crippen molar-refractivity contribution in [3.05, 3.63) is 0 Å². The Balaban J connectivity index is -0.0000000533. The molecule has 0 rings (SSSR count). The first kappa shape index (κ1) is 29.2. The minimum atomic E-state index is -3.58. The second-order valence-corrected chi connectivity index (χ2v) is 4.48. The fourth-order valence-electron chi connectivity index (χ4n) is 0.0949. The fourth-order valence-corrected chi connectivity index (χ4v) is 0.561. The van der Waals surface area contributed by atoms with Crippen molar-refractivity contribution in [3.8, 4) is 18.2 Å². The van der Waals surface area contributed by atoms with Crippen molar-refractivity contribution in [2.75, 3.05) is 0 Å². The zero-order valence-corrected chi connectivity index (χ0v) is 11.3. The van der Waals surface area contributed by atoms with Gasteiger partial charge in [-0.2, -0.15) is 0 Å². The quantitative estimate of drug-likeness (QED) is 0.403. The van der Waals surface area contributed by atoms with E-state index in [1.807, 2.05) is 0 Å². The standard InChI is InChI=1S/4CN.K.3H2O.Pd/c4*1-2;;;;;/h;;;;;3*1H2;/q;;;;+1;;;;-1. The van der Waals surface area contributed by atoms with Crippen molar-refractivity contribution in [1.82, 2.24) is 0 Å². The van der Waals surface area contributed by atoms with E-state index in [-0.39, 0.29) is 67.8 Å². The van der Waals surface area contributed by atoms with Gasteiger partial charge in [-0.05, 0) is 0 Å². The van der Waals surface area contributed by atoms with Crippen molar-refractivity contribution in [2.45, 2.75) is 0 Å². The summed E-state index contributed by atoms with van der Waals surface area (Å²) in [5.41, 5.74) is 0. The Morgan fingerprint density at radius 1 is 0.615 bits per heavy atom. The van der Waals surface area contributed by atoms with E-state index in [1.165, 1.54) is 18.2 Å². The third kappa shape index (κ3) is 8.47. The summed E-state index contributed by atoms with van der Waals surface area (Å²) in [7, 11) is 0. The van der Waals surface area contributed by atoms with Gasteiger partial charge in [-0.25, -0.2) is 0 Å². The van der Waals surface area contributed by atoms with E-state index in [1.54, 1.807) is 0 Å². The predicted molar refractivity (Wildman–Crippen MR) is 33.3 cm³/mol. The molecule has 0 radical (unpaired) electrons. The molecule has 0 aromatic heterocycles. The third-order valence-electron chi connectivity index (χ3n) is 0.424. The van der Waals surface area contributed by atoms with Crippen LogP contribution in [-0.2, 0) is 15.5 Å². The first-order chi connectivity index (χ1) is 4.24. The van der Waals surface area contributed by atoms with Crippen LogP contribution in [-0.4, -0.2) is 16.4 Å². The second-order valence-electron chi connectivity index (χ2n) is 0.757. The Hall–Kier alpha value is 0.139.